The van der Waals surface area contributed by atoms with E-state index in [4.69, 9.17) is 39.3 Å². The van der Waals surface area contributed by atoms with Gasteiger partial charge >= 0.3 is 0 Å². The number of carbonyl (C=O) groups is 1. The molecular weight excluding hydrogens is 349 g/mol. The molecule has 22 heavy (non-hydrogen) atoms. The van der Waals surface area contributed by atoms with Crippen LogP contribution in [0.25, 0.3) is 0 Å². The highest BCUT2D eigenvalue weighted by atomic mass is 35.5. The summed E-state index contributed by atoms with van der Waals surface area (Å²) in [7, 11) is 0. The van der Waals surface area contributed by atoms with Crippen molar-refractivity contribution >= 4 is 46.4 Å². The van der Waals surface area contributed by atoms with E-state index < -0.39 is 5.92 Å². The fraction of sp³-hybridized carbons (Fsp3) is 0.286. The number of hydrogen-bond donors (Lipinski definition) is 2. The molecule has 0 saturated heterocycles. The summed E-state index contributed by atoms with van der Waals surface area (Å²) in [6.45, 7) is 5.31. The number of nitrogens with zero attached hydrogens (tertiary/aromatic N) is 1. The van der Waals surface area contributed by atoms with Gasteiger partial charge in [0.05, 0.1) is 27.3 Å². The number of aryl methyl sites for hydroxylation is 2. The zero-order valence-corrected chi connectivity index (χ0v) is 14.4. The number of benzene rings is 1. The van der Waals surface area contributed by atoms with Crippen LogP contribution in [0.4, 0.5) is 5.69 Å². The van der Waals surface area contributed by atoms with Gasteiger partial charge in [0.25, 0.3) is 0 Å². The van der Waals surface area contributed by atoms with Crippen molar-refractivity contribution in [3.05, 3.63) is 44.2 Å². The van der Waals surface area contributed by atoms with Gasteiger partial charge in [0.2, 0.25) is 5.91 Å². The van der Waals surface area contributed by atoms with E-state index in [-0.39, 0.29) is 5.91 Å². The van der Waals surface area contributed by atoms with E-state index in [1.54, 1.807) is 20.8 Å². The number of hydrogen-bond acceptors (Lipinski definition) is 4. The van der Waals surface area contributed by atoms with Crippen LogP contribution in [-0.2, 0) is 4.79 Å². The van der Waals surface area contributed by atoms with E-state index >= 15 is 0 Å². The molecule has 0 saturated carbocycles. The minimum atomic E-state index is -0.441. The van der Waals surface area contributed by atoms with Crippen molar-refractivity contribution in [2.75, 3.05) is 5.43 Å². The maximum atomic E-state index is 12.3. The van der Waals surface area contributed by atoms with E-state index in [2.05, 4.69) is 16.0 Å². The van der Waals surface area contributed by atoms with Crippen LogP contribution in [0.1, 0.15) is 29.9 Å². The SMILES string of the molecule is Cc1noc(C)c1[C@H](C)C(=O)NNc1c(Cl)cc(Cl)cc1Cl. The van der Waals surface area contributed by atoms with Gasteiger partial charge in [-0.1, -0.05) is 40.0 Å². The molecule has 2 N–H and O–H groups in total. The number of carbonyl (C=O) groups excluding carboxylic acids is 1. The Morgan fingerprint density at radius 1 is 1.23 bits per heavy atom. The summed E-state index contributed by atoms with van der Waals surface area (Å²) >= 11 is 17.9. The maximum Gasteiger partial charge on any atom is 0.245 e. The van der Waals surface area contributed by atoms with Crippen molar-refractivity contribution in [1.29, 1.82) is 0 Å². The monoisotopic (exact) mass is 361 g/mol. The predicted molar refractivity (Wildman–Crippen MR) is 87.6 cm³/mol. The van der Waals surface area contributed by atoms with Gasteiger partial charge in [-0.25, -0.2) is 0 Å². The van der Waals surface area contributed by atoms with Crippen molar-refractivity contribution in [2.24, 2.45) is 0 Å². The Hall–Kier alpha value is -1.43. The molecule has 0 aliphatic carbocycles. The second kappa shape index (κ2) is 6.77. The topological polar surface area (TPSA) is 67.2 Å². The molecule has 2 rings (SSSR count). The largest absolute Gasteiger partial charge is 0.361 e. The Labute approximate surface area is 142 Å². The second-order valence-corrected chi connectivity index (χ2v) is 6.07. The average molecular weight is 363 g/mol. The summed E-state index contributed by atoms with van der Waals surface area (Å²) in [6, 6.07) is 3.06. The molecule has 5 nitrogen and oxygen atoms in total. The zero-order valence-electron chi connectivity index (χ0n) is 12.1. The Kier molecular flexibility index (Phi) is 5.21. The van der Waals surface area contributed by atoms with Crippen molar-refractivity contribution in [3.63, 3.8) is 0 Å². The lowest BCUT2D eigenvalue weighted by Crippen LogP contribution is -2.33. The van der Waals surface area contributed by atoms with Gasteiger partial charge in [0.15, 0.2) is 0 Å². The highest BCUT2D eigenvalue weighted by Gasteiger charge is 2.23. The van der Waals surface area contributed by atoms with Crippen LogP contribution in [0.5, 0.6) is 0 Å². The second-order valence-electron chi connectivity index (χ2n) is 4.82. The van der Waals surface area contributed by atoms with Crippen LogP contribution in [0.15, 0.2) is 16.7 Å². The van der Waals surface area contributed by atoms with Crippen LogP contribution < -0.4 is 10.9 Å². The summed E-state index contributed by atoms with van der Waals surface area (Å²) in [5.74, 6) is -0.0946. The number of nitrogens with one attached hydrogen (secondary N) is 2. The molecule has 1 aromatic carbocycles. The van der Waals surface area contributed by atoms with Gasteiger partial charge in [0.1, 0.15) is 5.76 Å². The zero-order chi connectivity index (χ0) is 16.4. The minimum Gasteiger partial charge on any atom is -0.361 e. The van der Waals surface area contributed by atoms with E-state index in [0.717, 1.165) is 5.56 Å². The van der Waals surface area contributed by atoms with Gasteiger partial charge in [-0.3, -0.25) is 15.6 Å². The van der Waals surface area contributed by atoms with Crippen molar-refractivity contribution in [3.8, 4) is 0 Å². The van der Waals surface area contributed by atoms with E-state index in [1.165, 1.54) is 12.1 Å². The molecule has 1 amide bonds. The minimum absolute atomic E-state index is 0.267. The highest BCUT2D eigenvalue weighted by molar-refractivity contribution is 6.41. The lowest BCUT2D eigenvalue weighted by Gasteiger charge is -2.15. The van der Waals surface area contributed by atoms with Crippen molar-refractivity contribution < 1.29 is 9.32 Å². The molecule has 0 unspecified atom stereocenters. The Bertz CT molecular complexity index is 673. The third kappa shape index (κ3) is 3.48. The van der Waals surface area contributed by atoms with E-state index in [0.29, 0.717) is 32.2 Å². The molecule has 0 bridgehead atoms. The fourth-order valence-electron chi connectivity index (χ4n) is 2.13. The van der Waals surface area contributed by atoms with Crippen LogP contribution in [0.3, 0.4) is 0 Å². The van der Waals surface area contributed by atoms with Crippen molar-refractivity contribution in [2.45, 2.75) is 26.7 Å². The number of hydrazine groups is 1. The van der Waals surface area contributed by atoms with Crippen LogP contribution >= 0.6 is 34.8 Å². The van der Waals surface area contributed by atoms with Gasteiger partial charge in [-0.05, 0) is 32.9 Å². The first-order chi connectivity index (χ1) is 10.3. The molecule has 2 aromatic rings. The molecule has 118 valence electrons. The molecule has 8 heteroatoms. The summed E-state index contributed by atoms with van der Waals surface area (Å²) in [6.07, 6.45) is 0. The van der Waals surface area contributed by atoms with Crippen LogP contribution in [0, 0.1) is 13.8 Å². The molecule has 0 aliphatic heterocycles. The van der Waals surface area contributed by atoms with Gasteiger partial charge < -0.3 is 4.52 Å². The number of halogens is 3. The Morgan fingerprint density at radius 2 is 1.82 bits per heavy atom. The van der Waals surface area contributed by atoms with Gasteiger partial charge in [0, 0.05) is 10.6 Å². The standard InChI is InChI=1S/C14H14Cl3N3O2/c1-6(12-7(2)20-22-8(12)3)14(21)19-18-13-10(16)4-9(15)5-11(13)17/h4-6,18H,1-3H3,(H,19,21)/t6-/m0/s1. The molecule has 1 aromatic heterocycles. The molecule has 1 atom stereocenters. The van der Waals surface area contributed by atoms with Gasteiger partial charge in [-0.2, -0.15) is 0 Å². The molecule has 0 radical (unpaired) electrons. The first-order valence-corrected chi connectivity index (χ1v) is 7.57. The van der Waals surface area contributed by atoms with E-state index in [1.807, 2.05) is 0 Å². The van der Waals surface area contributed by atoms with Gasteiger partial charge in [-0.15, -0.1) is 0 Å². The molecule has 1 heterocycles. The quantitative estimate of drug-likeness (QED) is 0.786. The number of anilines is 1. The maximum absolute atomic E-state index is 12.3. The Balaban J connectivity index is 2.11. The predicted octanol–water partition coefficient (Wildman–Crippen LogP) is 4.50. The first kappa shape index (κ1) is 16.9. The van der Waals surface area contributed by atoms with Crippen molar-refractivity contribution in [1.82, 2.24) is 10.6 Å². The summed E-state index contributed by atoms with van der Waals surface area (Å²) in [5, 5.41) is 4.87. The number of rotatable bonds is 4. The van der Waals surface area contributed by atoms with Crippen LogP contribution in [0.2, 0.25) is 15.1 Å². The smallest absolute Gasteiger partial charge is 0.245 e. The molecule has 0 aliphatic rings. The average Bonchev–Trinajstić information content (AvgIpc) is 2.76. The van der Waals surface area contributed by atoms with E-state index in [9.17, 15) is 4.79 Å². The normalized spacial score (nSPS) is 12.1. The lowest BCUT2D eigenvalue weighted by atomic mass is 9.99. The lowest BCUT2D eigenvalue weighted by molar-refractivity contribution is -0.121. The van der Waals surface area contributed by atoms with Crippen LogP contribution in [-0.4, -0.2) is 11.1 Å². The first-order valence-electron chi connectivity index (χ1n) is 6.44. The third-order valence-corrected chi connectivity index (χ3v) is 4.05. The molecule has 0 spiro atoms. The molecular formula is C14H14Cl3N3O2. The fourth-order valence-corrected chi connectivity index (χ4v) is 3.04. The molecule has 0 fully saturated rings. The third-order valence-electron chi connectivity index (χ3n) is 3.23. The Morgan fingerprint density at radius 3 is 2.32 bits per heavy atom. The summed E-state index contributed by atoms with van der Waals surface area (Å²) < 4.78 is 5.07. The summed E-state index contributed by atoms with van der Waals surface area (Å²) in [5.41, 5.74) is 7.11. The number of aromatic nitrogens is 1. The summed E-state index contributed by atoms with van der Waals surface area (Å²) in [4.78, 5) is 12.3. The number of amides is 1. The highest BCUT2D eigenvalue weighted by Crippen LogP contribution is 2.33.